The Morgan fingerprint density at radius 3 is 1.94 bits per heavy atom. The molecule has 0 atom stereocenters. The topological polar surface area (TPSA) is 29.5 Å². The fourth-order valence-electron chi connectivity index (χ4n) is 3.04. The number of unbranched alkanes of at least 4 members (excludes halogenated alkanes) is 2. The van der Waals surface area contributed by atoms with Gasteiger partial charge in [0.15, 0.2) is 0 Å². The van der Waals surface area contributed by atoms with Crippen molar-refractivity contribution >= 4 is 0 Å². The Bertz CT molecular complexity index is 162. The molecule has 2 heteroatoms. The molecule has 96 valence electrons. The van der Waals surface area contributed by atoms with E-state index in [0.717, 1.165) is 12.8 Å². The van der Waals surface area contributed by atoms with Crippen LogP contribution in [0.1, 0.15) is 78.1 Å². The highest BCUT2D eigenvalue weighted by Crippen LogP contribution is 2.45. The van der Waals surface area contributed by atoms with Gasteiger partial charge in [0.1, 0.15) is 0 Å². The van der Waals surface area contributed by atoms with Crippen LogP contribution in [0, 0.1) is 5.41 Å². The monoisotopic (exact) mass is 228 g/mol. The summed E-state index contributed by atoms with van der Waals surface area (Å²) < 4.78 is 0. The lowest BCUT2D eigenvalue weighted by Gasteiger charge is -2.39. The average molecular weight is 228 g/mol. The van der Waals surface area contributed by atoms with Gasteiger partial charge in [0.25, 0.3) is 0 Å². The Morgan fingerprint density at radius 1 is 1.06 bits per heavy atom. The van der Waals surface area contributed by atoms with Crippen molar-refractivity contribution in [2.45, 2.75) is 84.2 Å². The summed E-state index contributed by atoms with van der Waals surface area (Å²) in [5.41, 5.74) is 0.570. The van der Waals surface area contributed by atoms with Gasteiger partial charge in [-0.15, -0.1) is 0 Å². The van der Waals surface area contributed by atoms with Crippen molar-refractivity contribution in [2.75, 3.05) is 0 Å². The summed E-state index contributed by atoms with van der Waals surface area (Å²) >= 11 is 0. The maximum absolute atomic E-state index is 8.71. The smallest absolute Gasteiger partial charge is 0.0927 e. The second kappa shape index (κ2) is 7.29. The van der Waals surface area contributed by atoms with Crippen molar-refractivity contribution in [3.63, 3.8) is 0 Å². The minimum Gasteiger partial charge on any atom is -0.252 e. The standard InChI is InChI=1S/C14H28O2/c1-3-5-9-14(10-6-4-2)11-7-13(16-15)8-12-14/h13,15H,3-12H2,1-2H3. The van der Waals surface area contributed by atoms with Crippen LogP contribution in [0.15, 0.2) is 0 Å². The van der Waals surface area contributed by atoms with Crippen molar-refractivity contribution in [1.82, 2.24) is 0 Å². The SMILES string of the molecule is CCCCC1(CCCC)CCC(OO)CC1. The van der Waals surface area contributed by atoms with E-state index >= 15 is 0 Å². The van der Waals surface area contributed by atoms with Crippen molar-refractivity contribution in [2.24, 2.45) is 5.41 Å². The number of rotatable bonds is 7. The van der Waals surface area contributed by atoms with Gasteiger partial charge in [-0.25, -0.2) is 4.89 Å². The van der Waals surface area contributed by atoms with Crippen LogP contribution in [-0.2, 0) is 4.89 Å². The van der Waals surface area contributed by atoms with Gasteiger partial charge < -0.3 is 0 Å². The highest BCUT2D eigenvalue weighted by Gasteiger charge is 2.34. The van der Waals surface area contributed by atoms with Crippen LogP contribution in [0.2, 0.25) is 0 Å². The van der Waals surface area contributed by atoms with Crippen molar-refractivity contribution < 1.29 is 10.1 Å². The molecule has 16 heavy (non-hydrogen) atoms. The van der Waals surface area contributed by atoms with Gasteiger partial charge in [-0.3, -0.25) is 5.26 Å². The summed E-state index contributed by atoms with van der Waals surface area (Å²) in [6, 6.07) is 0. The normalized spacial score (nSPS) is 21.2. The first-order chi connectivity index (χ1) is 7.76. The minimum absolute atomic E-state index is 0.108. The van der Waals surface area contributed by atoms with Crippen LogP contribution < -0.4 is 0 Å². The average Bonchev–Trinajstić information content (AvgIpc) is 2.35. The highest BCUT2D eigenvalue weighted by atomic mass is 17.1. The van der Waals surface area contributed by atoms with E-state index in [1.54, 1.807) is 0 Å². The molecule has 1 N–H and O–H groups in total. The quantitative estimate of drug-likeness (QED) is 0.501. The van der Waals surface area contributed by atoms with Crippen LogP contribution >= 0.6 is 0 Å². The molecule has 0 aliphatic heterocycles. The van der Waals surface area contributed by atoms with Crippen LogP contribution in [0.25, 0.3) is 0 Å². The molecule has 0 aromatic heterocycles. The molecule has 1 aliphatic rings. The molecular formula is C14H28O2. The third-order valence-corrected chi connectivity index (χ3v) is 4.26. The van der Waals surface area contributed by atoms with Crippen LogP contribution in [-0.4, -0.2) is 11.4 Å². The molecule has 0 unspecified atom stereocenters. The Balaban J connectivity index is 2.44. The largest absolute Gasteiger partial charge is 0.252 e. The maximum Gasteiger partial charge on any atom is 0.0927 e. The molecular weight excluding hydrogens is 200 g/mol. The summed E-state index contributed by atoms with van der Waals surface area (Å²) in [5, 5.41) is 8.71. The molecule has 0 aromatic rings. The zero-order valence-electron chi connectivity index (χ0n) is 11.0. The molecule has 0 aromatic carbocycles. The first kappa shape index (κ1) is 14.0. The molecule has 0 radical (unpaired) electrons. The first-order valence-corrected chi connectivity index (χ1v) is 7.06. The van der Waals surface area contributed by atoms with Crippen LogP contribution in [0.3, 0.4) is 0 Å². The summed E-state index contributed by atoms with van der Waals surface area (Å²) in [6.07, 6.45) is 12.8. The van der Waals surface area contributed by atoms with Gasteiger partial charge in [-0.05, 0) is 43.9 Å². The van der Waals surface area contributed by atoms with E-state index in [-0.39, 0.29) is 6.10 Å². The summed E-state index contributed by atoms with van der Waals surface area (Å²) in [4.78, 5) is 4.49. The lowest BCUT2D eigenvalue weighted by molar-refractivity contribution is -0.287. The zero-order chi connectivity index (χ0) is 11.9. The van der Waals surface area contributed by atoms with E-state index in [9.17, 15) is 0 Å². The summed E-state index contributed by atoms with van der Waals surface area (Å²) in [7, 11) is 0. The van der Waals surface area contributed by atoms with Crippen LogP contribution in [0.5, 0.6) is 0 Å². The van der Waals surface area contributed by atoms with E-state index in [4.69, 9.17) is 5.26 Å². The molecule has 0 heterocycles. The lowest BCUT2D eigenvalue weighted by Crippen LogP contribution is -2.30. The first-order valence-electron chi connectivity index (χ1n) is 7.06. The Morgan fingerprint density at radius 2 is 1.56 bits per heavy atom. The van der Waals surface area contributed by atoms with E-state index in [1.165, 1.54) is 51.4 Å². The highest BCUT2D eigenvalue weighted by molar-refractivity contribution is 4.85. The molecule has 0 saturated heterocycles. The Hall–Kier alpha value is -0.0800. The zero-order valence-corrected chi connectivity index (χ0v) is 11.0. The molecule has 1 aliphatic carbocycles. The van der Waals surface area contributed by atoms with Crippen molar-refractivity contribution in [3.05, 3.63) is 0 Å². The van der Waals surface area contributed by atoms with Crippen LogP contribution in [0.4, 0.5) is 0 Å². The number of hydrogen-bond acceptors (Lipinski definition) is 2. The van der Waals surface area contributed by atoms with Gasteiger partial charge in [-0.2, -0.15) is 0 Å². The molecule has 0 bridgehead atoms. The van der Waals surface area contributed by atoms with Gasteiger partial charge in [0.2, 0.25) is 0 Å². The van der Waals surface area contributed by atoms with E-state index in [0.29, 0.717) is 5.41 Å². The van der Waals surface area contributed by atoms with Gasteiger partial charge >= 0.3 is 0 Å². The van der Waals surface area contributed by atoms with E-state index in [2.05, 4.69) is 18.7 Å². The van der Waals surface area contributed by atoms with Gasteiger partial charge in [0, 0.05) is 0 Å². The second-order valence-corrected chi connectivity index (χ2v) is 5.51. The van der Waals surface area contributed by atoms with Crippen molar-refractivity contribution in [3.8, 4) is 0 Å². The molecule has 0 spiro atoms. The summed E-state index contributed by atoms with van der Waals surface area (Å²) in [6.45, 7) is 4.55. The fourth-order valence-corrected chi connectivity index (χ4v) is 3.04. The number of hydrogen-bond donors (Lipinski definition) is 1. The lowest BCUT2D eigenvalue weighted by atomic mass is 9.67. The van der Waals surface area contributed by atoms with Gasteiger partial charge in [0.05, 0.1) is 6.10 Å². The summed E-state index contributed by atoms with van der Waals surface area (Å²) in [5.74, 6) is 0. The fraction of sp³-hybridized carbons (Fsp3) is 1.00. The van der Waals surface area contributed by atoms with Gasteiger partial charge in [-0.1, -0.05) is 39.5 Å². The molecule has 1 rings (SSSR count). The second-order valence-electron chi connectivity index (χ2n) is 5.51. The predicted octanol–water partition coefficient (Wildman–Crippen LogP) is 4.79. The Labute approximate surface area is 100 Å². The van der Waals surface area contributed by atoms with E-state index in [1.807, 2.05) is 0 Å². The third-order valence-electron chi connectivity index (χ3n) is 4.26. The minimum atomic E-state index is 0.108. The predicted molar refractivity (Wildman–Crippen MR) is 67.5 cm³/mol. The molecule has 1 fully saturated rings. The molecule has 0 amide bonds. The van der Waals surface area contributed by atoms with Crippen molar-refractivity contribution in [1.29, 1.82) is 0 Å². The Kier molecular flexibility index (Phi) is 6.37. The maximum atomic E-state index is 8.71. The third kappa shape index (κ3) is 4.06. The van der Waals surface area contributed by atoms with E-state index < -0.39 is 0 Å². The molecule has 1 saturated carbocycles. The molecule has 2 nitrogen and oxygen atoms in total.